The lowest BCUT2D eigenvalue weighted by molar-refractivity contribution is 0.477. The molecule has 1 aliphatic heterocycles. The van der Waals surface area contributed by atoms with E-state index in [0.29, 0.717) is 23.2 Å². The Kier molecular flexibility index (Phi) is 9.46. The number of pyridine rings is 1. The highest BCUT2D eigenvalue weighted by Crippen LogP contribution is 2.49. The number of anilines is 8. The third-order valence-corrected chi connectivity index (χ3v) is 12.7. The van der Waals surface area contributed by atoms with Crippen molar-refractivity contribution in [2.45, 2.75) is 25.8 Å². The summed E-state index contributed by atoms with van der Waals surface area (Å²) in [6.07, 6.45) is 1.90. The first-order chi connectivity index (χ1) is 31.0. The van der Waals surface area contributed by atoms with Crippen LogP contribution in [0.15, 0.2) is 219 Å². The number of nitrogens with zero attached hydrogens (tertiary/aromatic N) is 5. The molecule has 63 heavy (non-hydrogen) atoms. The number of rotatable bonds is 9. The second kappa shape index (κ2) is 15.7. The van der Waals surface area contributed by atoms with Crippen molar-refractivity contribution < 1.29 is 5.11 Å². The summed E-state index contributed by atoms with van der Waals surface area (Å²) in [7, 11) is 0. The first kappa shape index (κ1) is 37.9. The molecule has 0 aliphatic carbocycles. The summed E-state index contributed by atoms with van der Waals surface area (Å²) >= 11 is 0. The number of phenolic OH excluding ortho intramolecular Hbond substituents is 1. The molecule has 8 aromatic carbocycles. The van der Waals surface area contributed by atoms with Crippen molar-refractivity contribution in [3.63, 3.8) is 0 Å². The van der Waals surface area contributed by atoms with E-state index in [1.807, 2.05) is 36.5 Å². The van der Waals surface area contributed by atoms with Gasteiger partial charge in [-0.3, -0.25) is 4.98 Å². The molecule has 0 saturated carbocycles. The highest BCUT2D eigenvalue weighted by Gasteiger charge is 2.34. The largest absolute Gasteiger partial charge is 0.507 e. The molecule has 0 bridgehead atoms. The van der Waals surface area contributed by atoms with Gasteiger partial charge in [0.2, 0.25) is 0 Å². The van der Waals surface area contributed by atoms with E-state index in [-0.39, 0.29) is 5.75 Å². The van der Waals surface area contributed by atoms with Crippen LogP contribution < -0.4 is 14.7 Å². The van der Waals surface area contributed by atoms with Crippen LogP contribution in [0.3, 0.4) is 0 Å². The van der Waals surface area contributed by atoms with Crippen molar-refractivity contribution in [2.24, 2.45) is 0 Å². The van der Waals surface area contributed by atoms with Gasteiger partial charge in [0.25, 0.3) is 0 Å². The fourth-order valence-corrected chi connectivity index (χ4v) is 9.49. The predicted octanol–water partition coefficient (Wildman–Crippen LogP) is 15.1. The van der Waals surface area contributed by atoms with Gasteiger partial charge in [-0.1, -0.05) is 97.9 Å². The summed E-state index contributed by atoms with van der Waals surface area (Å²) in [5.74, 6) is 0.483. The molecule has 2 atom stereocenters. The molecule has 1 aliphatic rings. The summed E-state index contributed by atoms with van der Waals surface area (Å²) in [6, 6.07) is 74.2. The van der Waals surface area contributed by atoms with Gasteiger partial charge < -0.3 is 24.4 Å². The van der Waals surface area contributed by atoms with E-state index in [0.717, 1.165) is 50.8 Å². The van der Waals surface area contributed by atoms with Crippen LogP contribution in [0.1, 0.15) is 25.3 Å². The third-order valence-electron chi connectivity index (χ3n) is 12.7. The molecule has 2 unspecified atom stereocenters. The van der Waals surface area contributed by atoms with Crippen LogP contribution in [0.2, 0.25) is 0 Å². The number of hydrogen-bond acceptors (Lipinski definition) is 5. The summed E-state index contributed by atoms with van der Waals surface area (Å²) in [6.45, 7) is 4.61. The maximum absolute atomic E-state index is 11.8. The van der Waals surface area contributed by atoms with Crippen molar-refractivity contribution in [3.8, 4) is 22.7 Å². The SMILES string of the molecule is CC1c2cc(N(c3ccccc3)c3ccc(-c4ccc(N(c5ccccc5)c5ccc6c(c5)c5ccccc5n6-c5ccccc5)cn4)c(O)c3)ccc2N(c2ccccc2)C1C. The van der Waals surface area contributed by atoms with Crippen LogP contribution >= 0.6 is 0 Å². The normalized spacial score (nSPS) is 14.5. The average Bonchev–Trinajstić information content (AvgIpc) is 3.80. The Hall–Kier alpha value is -8.09. The number of benzene rings is 8. The monoisotopic (exact) mass is 815 g/mol. The van der Waals surface area contributed by atoms with Gasteiger partial charge in [0, 0.05) is 79.9 Å². The van der Waals surface area contributed by atoms with Crippen molar-refractivity contribution in [1.29, 1.82) is 0 Å². The van der Waals surface area contributed by atoms with Gasteiger partial charge in [-0.05, 0) is 128 Å². The number of hydrogen-bond donors (Lipinski definition) is 1. The van der Waals surface area contributed by atoms with Crippen LogP contribution in [0.4, 0.5) is 45.5 Å². The molecular formula is C57H45N5O. The zero-order chi connectivity index (χ0) is 42.4. The summed E-state index contributed by atoms with van der Waals surface area (Å²) in [5.41, 5.74) is 14.4. The van der Waals surface area contributed by atoms with Crippen molar-refractivity contribution in [1.82, 2.24) is 9.55 Å². The van der Waals surface area contributed by atoms with Gasteiger partial charge in [0.15, 0.2) is 0 Å². The highest BCUT2D eigenvalue weighted by molar-refractivity contribution is 6.10. The molecule has 6 heteroatoms. The number of aromatic hydroxyl groups is 1. The van der Waals surface area contributed by atoms with E-state index in [1.165, 1.54) is 27.7 Å². The molecule has 0 radical (unpaired) electrons. The molecule has 3 heterocycles. The summed E-state index contributed by atoms with van der Waals surface area (Å²) < 4.78 is 2.33. The van der Waals surface area contributed by atoms with Crippen molar-refractivity contribution in [3.05, 3.63) is 224 Å². The quantitative estimate of drug-likeness (QED) is 0.157. The number of fused-ring (bicyclic) bond motifs is 4. The van der Waals surface area contributed by atoms with E-state index in [4.69, 9.17) is 4.98 Å². The van der Waals surface area contributed by atoms with E-state index in [9.17, 15) is 5.11 Å². The van der Waals surface area contributed by atoms with Crippen molar-refractivity contribution >= 4 is 67.3 Å². The Balaban J connectivity index is 0.945. The molecule has 0 fully saturated rings. The van der Waals surface area contributed by atoms with Crippen LogP contribution in [0, 0.1) is 0 Å². The molecule has 1 N–H and O–H groups in total. The average molecular weight is 816 g/mol. The summed E-state index contributed by atoms with van der Waals surface area (Å²) in [5, 5.41) is 14.2. The van der Waals surface area contributed by atoms with Crippen LogP contribution in [-0.2, 0) is 0 Å². The molecule has 2 aromatic heterocycles. The molecule has 6 nitrogen and oxygen atoms in total. The number of aromatic nitrogens is 2. The maximum atomic E-state index is 11.8. The Morgan fingerprint density at radius 1 is 0.460 bits per heavy atom. The predicted molar refractivity (Wildman–Crippen MR) is 262 cm³/mol. The van der Waals surface area contributed by atoms with Crippen molar-refractivity contribution in [2.75, 3.05) is 14.7 Å². The Bertz CT molecular complexity index is 3220. The Morgan fingerprint density at radius 3 is 1.67 bits per heavy atom. The van der Waals surface area contributed by atoms with Crippen LogP contribution in [-0.4, -0.2) is 20.7 Å². The van der Waals surface area contributed by atoms with E-state index < -0.39 is 0 Å². The zero-order valence-corrected chi connectivity index (χ0v) is 35.1. The van der Waals surface area contributed by atoms with E-state index in [1.54, 1.807) is 0 Å². The minimum absolute atomic E-state index is 0.159. The van der Waals surface area contributed by atoms with Crippen LogP contribution in [0.5, 0.6) is 5.75 Å². The minimum atomic E-state index is 0.159. The fourth-order valence-electron chi connectivity index (χ4n) is 9.49. The Labute approximate surface area is 367 Å². The highest BCUT2D eigenvalue weighted by atomic mass is 16.3. The minimum Gasteiger partial charge on any atom is -0.507 e. The van der Waals surface area contributed by atoms with Gasteiger partial charge >= 0.3 is 0 Å². The van der Waals surface area contributed by atoms with Gasteiger partial charge in [-0.2, -0.15) is 0 Å². The maximum Gasteiger partial charge on any atom is 0.127 e. The Morgan fingerprint density at radius 2 is 1.00 bits per heavy atom. The smallest absolute Gasteiger partial charge is 0.127 e. The molecule has 10 aromatic rings. The fraction of sp³-hybridized carbons (Fsp3) is 0.0702. The molecule has 304 valence electrons. The molecular weight excluding hydrogens is 771 g/mol. The second-order valence-corrected chi connectivity index (χ2v) is 16.3. The van der Waals surface area contributed by atoms with E-state index in [2.05, 4.69) is 215 Å². The van der Waals surface area contributed by atoms with Gasteiger partial charge in [0.05, 0.1) is 28.6 Å². The van der Waals surface area contributed by atoms with Gasteiger partial charge in [0.1, 0.15) is 5.75 Å². The van der Waals surface area contributed by atoms with Gasteiger partial charge in [-0.25, -0.2) is 0 Å². The lowest BCUT2D eigenvalue weighted by Crippen LogP contribution is -2.25. The topological polar surface area (TPSA) is 47.8 Å². The molecule has 0 spiro atoms. The molecule has 0 amide bonds. The first-order valence-corrected chi connectivity index (χ1v) is 21.6. The van der Waals surface area contributed by atoms with Crippen LogP contribution in [0.25, 0.3) is 38.8 Å². The van der Waals surface area contributed by atoms with Gasteiger partial charge in [-0.15, -0.1) is 0 Å². The molecule has 11 rings (SSSR count). The third kappa shape index (κ3) is 6.64. The first-order valence-electron chi connectivity index (χ1n) is 21.6. The number of phenols is 1. The summed E-state index contributed by atoms with van der Waals surface area (Å²) in [4.78, 5) is 11.9. The van der Waals surface area contributed by atoms with E-state index >= 15 is 0 Å². The lowest BCUT2D eigenvalue weighted by atomic mass is 9.97. The zero-order valence-electron chi connectivity index (χ0n) is 35.1. The second-order valence-electron chi connectivity index (χ2n) is 16.3. The molecule has 0 saturated heterocycles. The lowest BCUT2D eigenvalue weighted by Gasteiger charge is -2.28. The standard InChI is InChI=1S/C57H45N5O/c1-39-40(2)59(41-17-7-3-8-18-41)55-33-29-45(35-51(39)55)60(42-19-9-4-10-20-42)47-27-31-50(57(63)37-47)53-32-28-48(38-58-53)61(43-21-11-5-12-22-43)46-30-34-56-52(36-46)49-25-15-16-26-54(49)62(56)44-23-13-6-14-24-44/h3-40,63H,1-2H3. The number of para-hydroxylation sites is 5.